The molecule has 1 aromatic heterocycles. The maximum atomic E-state index is 14.0. The van der Waals surface area contributed by atoms with E-state index in [0.29, 0.717) is 17.9 Å². The second-order valence-corrected chi connectivity index (χ2v) is 12.7. The summed E-state index contributed by atoms with van der Waals surface area (Å²) in [5.74, 6) is 1.09. The quantitative estimate of drug-likeness (QED) is 0.588. The Hall–Kier alpha value is -2.45. The highest BCUT2D eigenvalue weighted by Crippen LogP contribution is 2.43. The van der Waals surface area contributed by atoms with Gasteiger partial charge in [0, 0.05) is 24.7 Å². The summed E-state index contributed by atoms with van der Waals surface area (Å²) in [6.45, 7) is 3.51. The molecule has 4 aliphatic rings. The van der Waals surface area contributed by atoms with E-state index in [0.717, 1.165) is 55.1 Å². The molecule has 3 N–H and O–H groups in total. The lowest BCUT2D eigenvalue weighted by Gasteiger charge is -2.48. The van der Waals surface area contributed by atoms with Crippen LogP contribution in [0.15, 0.2) is 29.1 Å². The van der Waals surface area contributed by atoms with Crippen LogP contribution in [0, 0.1) is 11.8 Å². The molecule has 8 nitrogen and oxygen atoms in total. The van der Waals surface area contributed by atoms with Crippen molar-refractivity contribution in [1.82, 2.24) is 14.5 Å². The maximum Gasteiger partial charge on any atom is 0.327 e. The summed E-state index contributed by atoms with van der Waals surface area (Å²) in [5, 5.41) is 9.48. The number of para-hydroxylation sites is 2. The first-order valence-electron chi connectivity index (χ1n) is 14.9. The fraction of sp³-hybridized carbons (Fsp3) is 0.700. The molecule has 5 atom stereocenters. The van der Waals surface area contributed by atoms with Crippen LogP contribution in [0.5, 0.6) is 0 Å². The van der Waals surface area contributed by atoms with Gasteiger partial charge in [-0.25, -0.2) is 4.98 Å². The number of carboxylic acids is 1. The first kappa shape index (κ1) is 25.8. The van der Waals surface area contributed by atoms with E-state index in [4.69, 9.17) is 10.7 Å². The number of likely N-dealkylation sites (tertiary alicyclic amines) is 1. The number of carbonyl (C=O) groups is 1. The second kappa shape index (κ2) is 10.3. The van der Waals surface area contributed by atoms with Gasteiger partial charge in [-0.1, -0.05) is 51.2 Å². The van der Waals surface area contributed by atoms with Crippen LogP contribution in [0.25, 0.3) is 11.0 Å². The third kappa shape index (κ3) is 4.64. The van der Waals surface area contributed by atoms with Crippen LogP contribution in [0.4, 0.5) is 5.82 Å². The molecule has 0 amide bonds. The molecule has 1 aromatic carbocycles. The lowest BCUT2D eigenvalue weighted by molar-refractivity contribution is -0.144. The molecule has 3 heterocycles. The molecule has 2 bridgehead atoms. The molecule has 8 heteroatoms. The summed E-state index contributed by atoms with van der Waals surface area (Å²) in [6, 6.07) is 9.15. The fourth-order valence-electron chi connectivity index (χ4n) is 8.15. The average Bonchev–Trinajstić information content (AvgIpc) is 3.06. The molecule has 206 valence electrons. The number of hydrogen-bond donors (Lipinski definition) is 2. The van der Waals surface area contributed by atoms with E-state index in [9.17, 15) is 14.7 Å². The van der Waals surface area contributed by atoms with Gasteiger partial charge in [-0.3, -0.25) is 14.5 Å². The highest BCUT2D eigenvalue weighted by Gasteiger charge is 2.48. The van der Waals surface area contributed by atoms with Gasteiger partial charge in [-0.15, -0.1) is 0 Å². The highest BCUT2D eigenvalue weighted by molar-refractivity contribution is 5.84. The van der Waals surface area contributed by atoms with E-state index in [2.05, 4.69) is 11.8 Å². The van der Waals surface area contributed by atoms with E-state index >= 15 is 0 Å². The van der Waals surface area contributed by atoms with Crippen molar-refractivity contribution in [2.75, 3.05) is 24.5 Å². The number of nitrogens with two attached hydrogens (primary N) is 1. The van der Waals surface area contributed by atoms with E-state index in [-0.39, 0.29) is 24.7 Å². The van der Waals surface area contributed by atoms with Crippen molar-refractivity contribution in [1.29, 1.82) is 0 Å². The zero-order valence-electron chi connectivity index (χ0n) is 22.7. The lowest BCUT2D eigenvalue weighted by atomic mass is 9.76. The molecular formula is C30H43N5O3. The number of carboxylic acid groups (broad SMARTS) is 1. The van der Waals surface area contributed by atoms with Gasteiger partial charge in [-0.2, -0.15) is 0 Å². The third-order valence-electron chi connectivity index (χ3n) is 9.99. The SMILES string of the molecule is CCC[C@H]1C[C@@H](n2c(=O)c(N3CC(N)(C(=O)O)C3)nc3ccccc32)CCN1C1C[C@H]2CCCC[C@@H](C1)C2. The minimum absolute atomic E-state index is 0.101. The standard InChI is InChI=1S/C30H43N5O3/c1-2-7-22-17-23(12-13-34(22)24-15-20-8-3-4-9-21(14-20)16-24)35-26-11-6-5-10-25(26)32-27(28(35)36)33-18-30(31,19-33)29(37)38/h5-6,10-11,20-24H,2-4,7-9,12-19,31H2,1H3,(H,37,38)/t20-,21+,22-,23-,24?/m0/s1. The molecular weight excluding hydrogens is 478 g/mol. The van der Waals surface area contributed by atoms with Crippen molar-refractivity contribution < 1.29 is 9.90 Å². The number of fused-ring (bicyclic) bond motifs is 3. The average molecular weight is 522 g/mol. The van der Waals surface area contributed by atoms with Crippen LogP contribution >= 0.6 is 0 Å². The van der Waals surface area contributed by atoms with E-state index in [1.54, 1.807) is 4.90 Å². The minimum atomic E-state index is -1.32. The predicted molar refractivity (Wildman–Crippen MR) is 150 cm³/mol. The molecule has 2 saturated heterocycles. The summed E-state index contributed by atoms with van der Waals surface area (Å²) < 4.78 is 1.98. The topological polar surface area (TPSA) is 105 Å². The van der Waals surface area contributed by atoms with Gasteiger partial charge < -0.3 is 20.3 Å². The smallest absolute Gasteiger partial charge is 0.327 e. The zero-order valence-corrected chi connectivity index (χ0v) is 22.7. The Kier molecular flexibility index (Phi) is 6.97. The molecule has 4 fully saturated rings. The third-order valence-corrected chi connectivity index (χ3v) is 9.99. The number of anilines is 1. The van der Waals surface area contributed by atoms with Crippen LogP contribution in [0.2, 0.25) is 0 Å². The van der Waals surface area contributed by atoms with Crippen LogP contribution in [-0.2, 0) is 4.79 Å². The Labute approximate surface area is 225 Å². The van der Waals surface area contributed by atoms with Gasteiger partial charge in [0.1, 0.15) is 5.54 Å². The van der Waals surface area contributed by atoms with Gasteiger partial charge >= 0.3 is 5.97 Å². The maximum absolute atomic E-state index is 14.0. The van der Waals surface area contributed by atoms with Crippen molar-refractivity contribution in [2.24, 2.45) is 17.6 Å². The van der Waals surface area contributed by atoms with Crippen molar-refractivity contribution in [2.45, 2.75) is 101 Å². The van der Waals surface area contributed by atoms with Crippen LogP contribution < -0.4 is 16.2 Å². The predicted octanol–water partition coefficient (Wildman–Crippen LogP) is 4.16. The summed E-state index contributed by atoms with van der Waals surface area (Å²) >= 11 is 0. The number of aromatic nitrogens is 2. The monoisotopic (exact) mass is 521 g/mol. The summed E-state index contributed by atoms with van der Waals surface area (Å²) in [7, 11) is 0. The van der Waals surface area contributed by atoms with Crippen molar-refractivity contribution in [3.8, 4) is 0 Å². The van der Waals surface area contributed by atoms with Crippen LogP contribution in [0.3, 0.4) is 0 Å². The lowest BCUT2D eigenvalue weighted by Crippen LogP contribution is -2.72. The van der Waals surface area contributed by atoms with Crippen molar-refractivity contribution in [3.05, 3.63) is 34.6 Å². The van der Waals surface area contributed by atoms with E-state index in [1.807, 2.05) is 28.8 Å². The second-order valence-electron chi connectivity index (χ2n) is 12.7. The summed E-state index contributed by atoms with van der Waals surface area (Å²) in [4.78, 5) is 34.8. The number of rotatable bonds is 6. The number of aliphatic carboxylic acids is 1. The Bertz CT molecular complexity index is 1220. The minimum Gasteiger partial charge on any atom is -0.480 e. The Morgan fingerprint density at radius 2 is 1.76 bits per heavy atom. The fourth-order valence-corrected chi connectivity index (χ4v) is 8.15. The van der Waals surface area contributed by atoms with Crippen LogP contribution in [-0.4, -0.2) is 62.8 Å². The number of nitrogens with zero attached hydrogens (tertiary/aromatic N) is 4. The van der Waals surface area contributed by atoms with Gasteiger partial charge in [0.25, 0.3) is 5.56 Å². The van der Waals surface area contributed by atoms with Gasteiger partial charge in [0.2, 0.25) is 0 Å². The number of benzene rings is 1. The summed E-state index contributed by atoms with van der Waals surface area (Å²) in [5.41, 5.74) is 6.22. The molecule has 38 heavy (non-hydrogen) atoms. The van der Waals surface area contributed by atoms with Crippen LogP contribution in [0.1, 0.15) is 83.6 Å². The first-order chi connectivity index (χ1) is 18.4. The Balaban J connectivity index is 1.29. The molecule has 2 saturated carbocycles. The Morgan fingerprint density at radius 3 is 2.45 bits per heavy atom. The molecule has 0 spiro atoms. The van der Waals surface area contributed by atoms with Gasteiger partial charge in [0.05, 0.1) is 24.1 Å². The van der Waals surface area contributed by atoms with Crippen molar-refractivity contribution >= 4 is 22.8 Å². The molecule has 1 unspecified atom stereocenters. The molecule has 2 aliphatic carbocycles. The Morgan fingerprint density at radius 1 is 1.05 bits per heavy atom. The van der Waals surface area contributed by atoms with E-state index < -0.39 is 11.5 Å². The normalized spacial score (nSPS) is 31.5. The number of piperidine rings is 1. The molecule has 2 aromatic rings. The first-order valence-corrected chi connectivity index (χ1v) is 14.9. The van der Waals surface area contributed by atoms with Gasteiger partial charge in [-0.05, 0) is 62.5 Å². The highest BCUT2D eigenvalue weighted by atomic mass is 16.4. The van der Waals surface area contributed by atoms with Crippen molar-refractivity contribution in [3.63, 3.8) is 0 Å². The van der Waals surface area contributed by atoms with E-state index in [1.165, 1.54) is 44.9 Å². The molecule has 6 rings (SSSR count). The van der Waals surface area contributed by atoms with Gasteiger partial charge in [0.15, 0.2) is 5.82 Å². The molecule has 0 radical (unpaired) electrons. The zero-order chi connectivity index (χ0) is 26.4. The number of hydrogen-bond acceptors (Lipinski definition) is 6. The largest absolute Gasteiger partial charge is 0.480 e. The summed E-state index contributed by atoms with van der Waals surface area (Å²) in [6.07, 6.45) is 14.0. The molecule has 2 aliphatic heterocycles.